The summed E-state index contributed by atoms with van der Waals surface area (Å²) in [6, 6.07) is 9.30. The summed E-state index contributed by atoms with van der Waals surface area (Å²) in [5.74, 6) is 1.56. The topological polar surface area (TPSA) is 130 Å². The zero-order valence-corrected chi connectivity index (χ0v) is 18.4. The van der Waals surface area contributed by atoms with E-state index in [9.17, 15) is 18.0 Å². The van der Waals surface area contributed by atoms with Gasteiger partial charge in [0, 0.05) is 17.3 Å². The van der Waals surface area contributed by atoms with Crippen molar-refractivity contribution in [1.82, 2.24) is 9.97 Å². The fraction of sp³-hybridized carbons (Fsp3) is 0.190. The lowest BCUT2D eigenvalue weighted by molar-refractivity contribution is 0.0697. The number of hydrogen-bond acceptors (Lipinski definition) is 7. The van der Waals surface area contributed by atoms with Crippen molar-refractivity contribution in [2.75, 3.05) is 17.7 Å². The number of carboxylic acids is 1. The van der Waals surface area contributed by atoms with Gasteiger partial charge in [0.25, 0.3) is 15.7 Å². The molecule has 0 saturated heterocycles. The second-order valence-electron chi connectivity index (χ2n) is 6.85. The van der Waals surface area contributed by atoms with Gasteiger partial charge in [-0.25, -0.2) is 9.78 Å². The zero-order valence-electron chi connectivity index (χ0n) is 16.8. The molecule has 1 aromatic heterocycles. The Morgan fingerprint density at radius 1 is 1.31 bits per heavy atom. The number of aromatic nitrogens is 2. The number of nitrogens with one attached hydrogen (secondary N) is 1. The van der Waals surface area contributed by atoms with Gasteiger partial charge in [-0.1, -0.05) is 17.5 Å². The van der Waals surface area contributed by atoms with Gasteiger partial charge in [-0.05, 0) is 42.0 Å². The van der Waals surface area contributed by atoms with Gasteiger partial charge < -0.3 is 15.0 Å². The molecule has 0 aliphatic heterocycles. The highest BCUT2D eigenvalue weighted by Gasteiger charge is 2.14. The molecule has 0 spiro atoms. The second kappa shape index (κ2) is 9.40. The number of H-pyrrole nitrogens is 1. The molecule has 0 fully saturated rings. The Morgan fingerprint density at radius 3 is 2.59 bits per heavy atom. The van der Waals surface area contributed by atoms with Crippen LogP contribution in [0.5, 0.6) is 0 Å². The maximum atomic E-state index is 12.5. The molecular formula is C21H18ClN3O6S. The van der Waals surface area contributed by atoms with Crippen LogP contribution in [0.25, 0.3) is 10.9 Å². The van der Waals surface area contributed by atoms with E-state index in [0.717, 1.165) is 6.26 Å². The van der Waals surface area contributed by atoms with Gasteiger partial charge in [0.2, 0.25) is 0 Å². The summed E-state index contributed by atoms with van der Waals surface area (Å²) in [7, 11) is -3.70. The first-order valence-corrected chi connectivity index (χ1v) is 11.3. The Labute approximate surface area is 188 Å². The normalized spacial score (nSPS) is 11.3. The summed E-state index contributed by atoms with van der Waals surface area (Å²) in [6.07, 6.45) is 6.38. The molecule has 0 unspecified atom stereocenters. The summed E-state index contributed by atoms with van der Waals surface area (Å²) in [4.78, 5) is 32.1. The number of fused-ring (bicyclic) bond motifs is 1. The van der Waals surface area contributed by atoms with Crippen molar-refractivity contribution in [3.05, 3.63) is 68.7 Å². The van der Waals surface area contributed by atoms with Gasteiger partial charge in [0.05, 0.1) is 29.3 Å². The molecule has 0 saturated carbocycles. The zero-order chi connectivity index (χ0) is 23.5. The number of hydrogen-bond donors (Lipinski definition) is 2. The van der Waals surface area contributed by atoms with E-state index in [2.05, 4.69) is 20.1 Å². The van der Waals surface area contributed by atoms with Crippen LogP contribution in [-0.4, -0.2) is 42.3 Å². The lowest BCUT2D eigenvalue weighted by Crippen LogP contribution is -2.23. The molecular weight excluding hydrogens is 458 g/mol. The molecule has 0 atom stereocenters. The molecule has 166 valence electrons. The van der Waals surface area contributed by atoms with Crippen molar-refractivity contribution in [3.63, 3.8) is 0 Å². The predicted octanol–water partition coefficient (Wildman–Crippen LogP) is 2.39. The van der Waals surface area contributed by atoms with Gasteiger partial charge in [0.15, 0.2) is 0 Å². The van der Waals surface area contributed by atoms with E-state index in [4.69, 9.17) is 23.1 Å². The Bertz CT molecular complexity index is 1380. The number of aromatic amines is 1. The number of terminal acetylenes is 1. The molecule has 9 nitrogen and oxygen atoms in total. The van der Waals surface area contributed by atoms with Crippen LogP contribution < -0.4 is 10.5 Å². The summed E-state index contributed by atoms with van der Waals surface area (Å²) in [5, 5.41) is 9.66. The molecule has 0 bridgehead atoms. The molecule has 3 rings (SSSR count). The van der Waals surface area contributed by atoms with Crippen LogP contribution in [-0.2, 0) is 27.5 Å². The Morgan fingerprint density at radius 2 is 2.00 bits per heavy atom. The molecule has 2 N–H and O–H groups in total. The van der Waals surface area contributed by atoms with E-state index in [0.29, 0.717) is 16.3 Å². The van der Waals surface area contributed by atoms with Gasteiger partial charge in [-0.3, -0.25) is 8.98 Å². The summed E-state index contributed by atoms with van der Waals surface area (Å²) >= 11 is 6.42. The number of carboxylic acid groups (broad SMARTS) is 1. The predicted molar refractivity (Wildman–Crippen MR) is 120 cm³/mol. The van der Waals surface area contributed by atoms with Gasteiger partial charge in [-0.15, -0.1) is 6.42 Å². The van der Waals surface area contributed by atoms with Crippen LogP contribution in [0.3, 0.4) is 0 Å². The Balaban J connectivity index is 1.94. The average Bonchev–Trinajstić information content (AvgIpc) is 2.72. The standard InChI is InChI=1S/C21H18ClN3O6S/c1-3-8-25(15-6-4-13(5-7-15)21(27)28)11-14-9-16-18(10-17(14)22)23-19(24-20(16)26)12-31-32(2,29)30/h1,4-7,9-10H,8,11-12H2,2H3,(H,27,28)(H,23,24,26). The largest absolute Gasteiger partial charge is 0.478 e. The minimum atomic E-state index is -3.70. The number of nitrogens with zero attached hydrogens (tertiary/aromatic N) is 2. The fourth-order valence-electron chi connectivity index (χ4n) is 2.98. The van der Waals surface area contributed by atoms with E-state index >= 15 is 0 Å². The average molecular weight is 476 g/mol. The number of anilines is 1. The highest BCUT2D eigenvalue weighted by Crippen LogP contribution is 2.25. The first-order valence-electron chi connectivity index (χ1n) is 9.15. The third-order valence-corrected chi connectivity index (χ3v) is 5.35. The molecule has 2 aromatic carbocycles. The third-order valence-electron chi connectivity index (χ3n) is 4.46. The van der Waals surface area contributed by atoms with Crippen molar-refractivity contribution in [1.29, 1.82) is 0 Å². The van der Waals surface area contributed by atoms with Crippen molar-refractivity contribution in [2.24, 2.45) is 0 Å². The minimum absolute atomic E-state index is 0.0456. The van der Waals surface area contributed by atoms with Crippen molar-refractivity contribution < 1.29 is 22.5 Å². The van der Waals surface area contributed by atoms with Gasteiger partial charge >= 0.3 is 5.97 Å². The van der Waals surface area contributed by atoms with Crippen molar-refractivity contribution in [3.8, 4) is 12.3 Å². The van der Waals surface area contributed by atoms with Crippen LogP contribution >= 0.6 is 11.6 Å². The molecule has 1 heterocycles. The second-order valence-corrected chi connectivity index (χ2v) is 8.90. The van der Waals surface area contributed by atoms with Crippen LogP contribution in [0.4, 0.5) is 5.69 Å². The van der Waals surface area contributed by atoms with E-state index < -0.39 is 28.3 Å². The third kappa shape index (κ3) is 5.64. The van der Waals surface area contributed by atoms with Gasteiger partial charge in [-0.2, -0.15) is 8.42 Å². The van der Waals surface area contributed by atoms with Crippen LogP contribution in [0, 0.1) is 12.3 Å². The van der Waals surface area contributed by atoms with E-state index in [1.165, 1.54) is 18.2 Å². The molecule has 0 aliphatic rings. The smallest absolute Gasteiger partial charge is 0.335 e. The fourth-order valence-corrected chi connectivity index (χ4v) is 3.52. The van der Waals surface area contributed by atoms with Gasteiger partial charge in [0.1, 0.15) is 12.4 Å². The maximum Gasteiger partial charge on any atom is 0.335 e. The Hall–Kier alpha value is -3.39. The SMILES string of the molecule is C#CCN(Cc1cc2c(=O)[nH]c(COS(C)(=O)=O)nc2cc1Cl)c1ccc(C(=O)O)cc1. The first kappa shape index (κ1) is 23.3. The molecule has 32 heavy (non-hydrogen) atoms. The highest BCUT2D eigenvalue weighted by molar-refractivity contribution is 7.85. The van der Waals surface area contributed by atoms with Crippen molar-refractivity contribution in [2.45, 2.75) is 13.2 Å². The number of halogens is 1. The highest BCUT2D eigenvalue weighted by atomic mass is 35.5. The summed E-state index contributed by atoms with van der Waals surface area (Å²) < 4.78 is 27.0. The number of rotatable bonds is 8. The van der Waals surface area contributed by atoms with E-state index in [-0.39, 0.29) is 35.4 Å². The monoisotopic (exact) mass is 475 g/mol. The molecule has 0 aliphatic carbocycles. The first-order chi connectivity index (χ1) is 15.1. The number of carbonyl (C=O) groups is 1. The summed E-state index contributed by atoms with van der Waals surface area (Å²) in [6.45, 7) is 0.0621. The lowest BCUT2D eigenvalue weighted by atomic mass is 10.1. The van der Waals surface area contributed by atoms with Crippen LogP contribution in [0.15, 0.2) is 41.2 Å². The minimum Gasteiger partial charge on any atom is -0.478 e. The maximum absolute atomic E-state index is 12.5. The van der Waals surface area contributed by atoms with Crippen LogP contribution in [0.2, 0.25) is 5.02 Å². The molecule has 0 radical (unpaired) electrons. The molecule has 3 aromatic rings. The van der Waals surface area contributed by atoms with Crippen molar-refractivity contribution >= 4 is 44.3 Å². The molecule has 0 amide bonds. The molecule has 11 heteroatoms. The van der Waals surface area contributed by atoms with E-state index in [1.54, 1.807) is 23.1 Å². The lowest BCUT2D eigenvalue weighted by Gasteiger charge is -2.23. The van der Waals surface area contributed by atoms with E-state index in [1.807, 2.05) is 0 Å². The number of benzene rings is 2. The Kier molecular flexibility index (Phi) is 6.84. The quantitative estimate of drug-likeness (QED) is 0.375. The number of aromatic carboxylic acids is 1. The summed E-state index contributed by atoms with van der Waals surface area (Å²) in [5.41, 5.74) is 1.23. The van der Waals surface area contributed by atoms with Crippen LogP contribution in [0.1, 0.15) is 21.7 Å².